The van der Waals surface area contributed by atoms with E-state index < -0.39 is 17.9 Å². The van der Waals surface area contributed by atoms with Crippen molar-refractivity contribution in [3.8, 4) is 5.75 Å². The van der Waals surface area contributed by atoms with Crippen molar-refractivity contribution in [1.29, 1.82) is 0 Å². The molecule has 0 aliphatic heterocycles. The molecule has 36 heavy (non-hydrogen) atoms. The van der Waals surface area contributed by atoms with Gasteiger partial charge in [0, 0.05) is 24.2 Å². The summed E-state index contributed by atoms with van der Waals surface area (Å²) in [6, 6.07) is 12.4. The number of benzene rings is 3. The molecule has 0 fully saturated rings. The van der Waals surface area contributed by atoms with Gasteiger partial charge in [-0.1, -0.05) is 49.7 Å². The fourth-order valence-corrected chi connectivity index (χ4v) is 4.11. The SMILES string of the molecule is CCCc1cnc(CCc2ccc3c(F)c(CCc4ccc(OC(F)(F)F)c(F)c4)ccc3c2)nc1. The van der Waals surface area contributed by atoms with E-state index in [1.165, 1.54) is 6.07 Å². The zero-order valence-electron chi connectivity index (χ0n) is 19.7. The number of aromatic nitrogens is 2. The standard InChI is InChI=1S/C28H25F5N2O/c1-2-3-20-16-34-26(35-17-20)13-7-18-5-11-23-22(14-18)10-9-21(27(23)30)8-4-19-6-12-25(24(29)15-19)36-28(31,32)33/h5-6,9-12,14-17H,2-4,7-8,13H2,1H3. The molecule has 0 N–H and O–H groups in total. The van der Waals surface area contributed by atoms with Gasteiger partial charge in [0.05, 0.1) is 0 Å². The van der Waals surface area contributed by atoms with Crippen molar-refractivity contribution in [2.24, 2.45) is 0 Å². The molecule has 0 aliphatic carbocycles. The monoisotopic (exact) mass is 500 g/mol. The number of nitrogens with zero attached hydrogens (tertiary/aromatic N) is 2. The summed E-state index contributed by atoms with van der Waals surface area (Å²) in [6.45, 7) is 2.11. The third-order valence-electron chi connectivity index (χ3n) is 5.94. The first kappa shape index (κ1) is 25.5. The van der Waals surface area contributed by atoms with Crippen LogP contribution in [0.1, 0.15) is 41.4 Å². The fraction of sp³-hybridized carbons (Fsp3) is 0.286. The van der Waals surface area contributed by atoms with Crippen molar-refractivity contribution < 1.29 is 26.7 Å². The molecule has 0 unspecified atom stereocenters. The summed E-state index contributed by atoms with van der Waals surface area (Å²) in [4.78, 5) is 8.84. The fourth-order valence-electron chi connectivity index (χ4n) is 4.11. The van der Waals surface area contributed by atoms with Gasteiger partial charge >= 0.3 is 6.36 Å². The number of aryl methyl sites for hydroxylation is 5. The summed E-state index contributed by atoms with van der Waals surface area (Å²) in [5, 5.41) is 1.25. The molecule has 1 aromatic heterocycles. The Morgan fingerprint density at radius 3 is 2.14 bits per heavy atom. The van der Waals surface area contributed by atoms with Crippen LogP contribution in [0.25, 0.3) is 10.8 Å². The van der Waals surface area contributed by atoms with Crippen LogP contribution >= 0.6 is 0 Å². The van der Waals surface area contributed by atoms with E-state index >= 15 is 4.39 Å². The Bertz CT molecular complexity index is 1340. The Morgan fingerprint density at radius 2 is 1.44 bits per heavy atom. The van der Waals surface area contributed by atoms with Crippen molar-refractivity contribution in [3.63, 3.8) is 0 Å². The Balaban J connectivity index is 1.40. The van der Waals surface area contributed by atoms with Crippen LogP contribution in [-0.2, 0) is 32.1 Å². The summed E-state index contributed by atoms with van der Waals surface area (Å²) in [6.07, 6.45) is 2.71. The molecule has 4 rings (SSSR count). The summed E-state index contributed by atoms with van der Waals surface area (Å²) in [7, 11) is 0. The summed E-state index contributed by atoms with van der Waals surface area (Å²) in [5.74, 6) is -1.59. The highest BCUT2D eigenvalue weighted by Gasteiger charge is 2.32. The van der Waals surface area contributed by atoms with E-state index in [0.717, 1.165) is 53.7 Å². The van der Waals surface area contributed by atoms with Gasteiger partial charge in [0.1, 0.15) is 11.6 Å². The van der Waals surface area contributed by atoms with E-state index in [2.05, 4.69) is 21.6 Å². The first-order valence-corrected chi connectivity index (χ1v) is 11.8. The predicted molar refractivity (Wildman–Crippen MR) is 128 cm³/mol. The van der Waals surface area contributed by atoms with Gasteiger partial charge in [-0.15, -0.1) is 13.2 Å². The van der Waals surface area contributed by atoms with E-state index in [1.54, 1.807) is 12.1 Å². The lowest BCUT2D eigenvalue weighted by Gasteiger charge is -2.11. The van der Waals surface area contributed by atoms with Gasteiger partial charge in [-0.05, 0) is 65.5 Å². The number of alkyl halides is 3. The zero-order valence-corrected chi connectivity index (χ0v) is 19.7. The highest BCUT2D eigenvalue weighted by atomic mass is 19.4. The molecular weight excluding hydrogens is 475 g/mol. The van der Waals surface area contributed by atoms with Gasteiger partial charge in [-0.25, -0.2) is 18.7 Å². The average molecular weight is 501 g/mol. The van der Waals surface area contributed by atoms with Crippen molar-refractivity contribution >= 4 is 10.8 Å². The van der Waals surface area contributed by atoms with Crippen LogP contribution in [0.5, 0.6) is 5.75 Å². The Labute approximate surface area is 206 Å². The third-order valence-corrected chi connectivity index (χ3v) is 5.94. The van der Waals surface area contributed by atoms with Crippen LogP contribution in [0.4, 0.5) is 22.0 Å². The number of halogens is 5. The Hall–Kier alpha value is -3.55. The van der Waals surface area contributed by atoms with Crippen molar-refractivity contribution in [2.45, 2.75) is 51.8 Å². The molecule has 3 aromatic carbocycles. The number of fused-ring (bicyclic) bond motifs is 1. The molecule has 188 valence electrons. The van der Waals surface area contributed by atoms with Crippen LogP contribution in [0.3, 0.4) is 0 Å². The molecule has 0 bridgehead atoms. The number of ether oxygens (including phenoxy) is 1. The van der Waals surface area contributed by atoms with Gasteiger partial charge in [0.15, 0.2) is 11.6 Å². The van der Waals surface area contributed by atoms with E-state index in [1.807, 2.05) is 30.6 Å². The first-order chi connectivity index (χ1) is 17.2. The quantitative estimate of drug-likeness (QED) is 0.226. The second-order valence-corrected chi connectivity index (χ2v) is 8.66. The minimum Gasteiger partial charge on any atom is -0.403 e. The molecule has 0 spiro atoms. The zero-order chi connectivity index (χ0) is 25.7. The van der Waals surface area contributed by atoms with Gasteiger partial charge < -0.3 is 4.74 Å². The maximum Gasteiger partial charge on any atom is 0.573 e. The van der Waals surface area contributed by atoms with Crippen LogP contribution in [0.2, 0.25) is 0 Å². The minimum absolute atomic E-state index is 0.265. The van der Waals surface area contributed by atoms with E-state index in [9.17, 15) is 17.6 Å². The molecule has 0 atom stereocenters. The Kier molecular flexibility index (Phi) is 7.82. The number of rotatable bonds is 9. The molecule has 0 radical (unpaired) electrons. The molecule has 0 saturated carbocycles. The van der Waals surface area contributed by atoms with Crippen molar-refractivity contribution in [1.82, 2.24) is 9.97 Å². The molecule has 0 amide bonds. The molecule has 8 heteroatoms. The molecule has 0 aliphatic rings. The van der Waals surface area contributed by atoms with Crippen LogP contribution in [0.15, 0.2) is 60.9 Å². The Morgan fingerprint density at radius 1 is 0.750 bits per heavy atom. The third kappa shape index (κ3) is 6.56. The maximum absolute atomic E-state index is 15.1. The maximum atomic E-state index is 15.1. The lowest BCUT2D eigenvalue weighted by molar-refractivity contribution is -0.275. The molecular formula is C28H25F5N2O. The molecule has 3 nitrogen and oxygen atoms in total. The van der Waals surface area contributed by atoms with Crippen LogP contribution in [-0.4, -0.2) is 16.3 Å². The molecule has 1 heterocycles. The molecule has 0 saturated heterocycles. The predicted octanol–water partition coefficient (Wildman–Crippen LogP) is 7.33. The van der Waals surface area contributed by atoms with E-state index in [-0.39, 0.29) is 18.7 Å². The molecule has 4 aromatic rings. The van der Waals surface area contributed by atoms with Crippen molar-refractivity contribution in [3.05, 3.63) is 101 Å². The van der Waals surface area contributed by atoms with Gasteiger partial charge in [0.2, 0.25) is 0 Å². The van der Waals surface area contributed by atoms with Gasteiger partial charge in [0.25, 0.3) is 0 Å². The van der Waals surface area contributed by atoms with Gasteiger partial charge in [-0.2, -0.15) is 0 Å². The second-order valence-electron chi connectivity index (χ2n) is 8.66. The van der Waals surface area contributed by atoms with E-state index in [4.69, 9.17) is 0 Å². The summed E-state index contributed by atoms with van der Waals surface area (Å²) in [5.41, 5.74) is 3.07. The normalized spacial score (nSPS) is 11.7. The first-order valence-electron chi connectivity index (χ1n) is 11.8. The van der Waals surface area contributed by atoms with Crippen LogP contribution < -0.4 is 4.74 Å². The second kappa shape index (κ2) is 11.0. The number of hydrogen-bond donors (Lipinski definition) is 0. The number of hydrogen-bond acceptors (Lipinski definition) is 3. The minimum atomic E-state index is -4.97. The lowest BCUT2D eigenvalue weighted by Crippen LogP contribution is -2.18. The highest BCUT2D eigenvalue weighted by Crippen LogP contribution is 2.28. The highest BCUT2D eigenvalue weighted by molar-refractivity contribution is 5.84. The van der Waals surface area contributed by atoms with E-state index in [0.29, 0.717) is 22.9 Å². The smallest absolute Gasteiger partial charge is 0.403 e. The van der Waals surface area contributed by atoms with Crippen molar-refractivity contribution in [2.75, 3.05) is 0 Å². The summed E-state index contributed by atoms with van der Waals surface area (Å²) >= 11 is 0. The van der Waals surface area contributed by atoms with Gasteiger partial charge in [-0.3, -0.25) is 0 Å². The van der Waals surface area contributed by atoms with Crippen LogP contribution in [0, 0.1) is 11.6 Å². The lowest BCUT2D eigenvalue weighted by atomic mass is 9.98. The average Bonchev–Trinajstić information content (AvgIpc) is 2.84. The topological polar surface area (TPSA) is 35.0 Å². The summed E-state index contributed by atoms with van der Waals surface area (Å²) < 4.78 is 69.7. The largest absolute Gasteiger partial charge is 0.573 e.